The minimum absolute atomic E-state index is 0.680. The van der Waals surface area contributed by atoms with E-state index in [-0.39, 0.29) is 0 Å². The van der Waals surface area contributed by atoms with Crippen molar-refractivity contribution in [2.24, 2.45) is 0 Å². The van der Waals surface area contributed by atoms with E-state index in [1.807, 2.05) is 31.2 Å². The zero-order valence-electron chi connectivity index (χ0n) is 11.4. The number of hydrogen-bond donors (Lipinski definition) is 1. The van der Waals surface area contributed by atoms with Crippen LogP contribution in [0.15, 0.2) is 37.7 Å². The van der Waals surface area contributed by atoms with Gasteiger partial charge in [-0.25, -0.2) is 0 Å². The standard InChI is InChI=1S/C15H13Br3ClNO/c1-8-3-10(16)14(6-13(8)19)20-7-9-4-11(17)15(21-2)12(18)5-9/h3-6,20H,7H2,1-2H3. The Morgan fingerprint density at radius 1 is 1.05 bits per heavy atom. The Hall–Kier alpha value is -0.230. The predicted molar refractivity (Wildman–Crippen MR) is 99.6 cm³/mol. The van der Waals surface area contributed by atoms with Gasteiger partial charge in [-0.2, -0.15) is 0 Å². The smallest absolute Gasteiger partial charge is 0.147 e. The van der Waals surface area contributed by atoms with Crippen molar-refractivity contribution in [3.05, 3.63) is 53.8 Å². The van der Waals surface area contributed by atoms with Crippen LogP contribution in [0.4, 0.5) is 5.69 Å². The lowest BCUT2D eigenvalue weighted by Gasteiger charge is -2.13. The Morgan fingerprint density at radius 3 is 2.24 bits per heavy atom. The average Bonchev–Trinajstić information content (AvgIpc) is 2.41. The number of benzene rings is 2. The van der Waals surface area contributed by atoms with E-state index in [0.717, 1.165) is 41.0 Å². The molecule has 0 aliphatic heterocycles. The second-order valence-corrected chi connectivity index (χ2v) is 7.50. The zero-order chi connectivity index (χ0) is 15.6. The van der Waals surface area contributed by atoms with Gasteiger partial charge in [-0.3, -0.25) is 0 Å². The largest absolute Gasteiger partial charge is 0.494 e. The second kappa shape index (κ2) is 7.36. The molecular weight excluding hydrogens is 485 g/mol. The van der Waals surface area contributed by atoms with Gasteiger partial charge >= 0.3 is 0 Å². The van der Waals surface area contributed by atoms with E-state index in [0.29, 0.717) is 6.54 Å². The summed E-state index contributed by atoms with van der Waals surface area (Å²) in [6, 6.07) is 7.99. The summed E-state index contributed by atoms with van der Waals surface area (Å²) < 4.78 is 8.13. The van der Waals surface area contributed by atoms with Gasteiger partial charge in [0.1, 0.15) is 5.75 Å². The highest BCUT2D eigenvalue weighted by molar-refractivity contribution is 9.11. The number of ether oxygens (including phenoxy) is 1. The highest BCUT2D eigenvalue weighted by Crippen LogP contribution is 2.35. The average molecular weight is 498 g/mol. The van der Waals surface area contributed by atoms with Gasteiger partial charge in [0.25, 0.3) is 0 Å². The van der Waals surface area contributed by atoms with Crippen LogP contribution in [0, 0.1) is 6.92 Å². The van der Waals surface area contributed by atoms with Gasteiger partial charge in [0, 0.05) is 16.0 Å². The molecule has 0 spiro atoms. The Morgan fingerprint density at radius 2 is 1.67 bits per heavy atom. The number of rotatable bonds is 4. The van der Waals surface area contributed by atoms with E-state index in [2.05, 4.69) is 53.1 Å². The SMILES string of the molecule is COc1c(Br)cc(CNc2cc(Cl)c(C)cc2Br)cc1Br. The first-order valence-electron chi connectivity index (χ1n) is 6.13. The first-order valence-corrected chi connectivity index (χ1v) is 8.89. The predicted octanol–water partition coefficient (Wildman–Crippen LogP) is 6.56. The Bertz CT molecular complexity index is 653. The number of aryl methyl sites for hydroxylation is 1. The fraction of sp³-hybridized carbons (Fsp3) is 0.200. The molecule has 0 radical (unpaired) electrons. The summed E-state index contributed by atoms with van der Waals surface area (Å²) >= 11 is 16.7. The van der Waals surface area contributed by atoms with Crippen LogP contribution in [0.25, 0.3) is 0 Å². The Kier molecular flexibility index (Phi) is 6.00. The number of methoxy groups -OCH3 is 1. The molecule has 6 heteroatoms. The number of halogens is 4. The molecule has 21 heavy (non-hydrogen) atoms. The maximum atomic E-state index is 6.17. The zero-order valence-corrected chi connectivity index (χ0v) is 17.0. The fourth-order valence-corrected chi connectivity index (χ4v) is 4.26. The minimum atomic E-state index is 0.680. The normalized spacial score (nSPS) is 10.6. The molecule has 0 saturated carbocycles. The molecule has 0 aromatic heterocycles. The molecule has 2 nitrogen and oxygen atoms in total. The van der Waals surface area contributed by atoms with Gasteiger partial charge in [0.2, 0.25) is 0 Å². The highest BCUT2D eigenvalue weighted by Gasteiger charge is 2.09. The summed E-state index contributed by atoms with van der Waals surface area (Å²) in [5.41, 5.74) is 3.14. The van der Waals surface area contributed by atoms with Crippen LogP contribution in [-0.2, 0) is 6.54 Å². The number of nitrogens with one attached hydrogen (secondary N) is 1. The van der Waals surface area contributed by atoms with Gasteiger partial charge in [0.15, 0.2) is 0 Å². The second-order valence-electron chi connectivity index (χ2n) is 4.53. The van der Waals surface area contributed by atoms with Crippen molar-refractivity contribution in [3.63, 3.8) is 0 Å². The summed E-state index contributed by atoms with van der Waals surface area (Å²) in [6.07, 6.45) is 0. The molecule has 0 unspecified atom stereocenters. The third kappa shape index (κ3) is 4.15. The van der Waals surface area contributed by atoms with Gasteiger partial charge in [0.05, 0.1) is 21.7 Å². The van der Waals surface area contributed by atoms with E-state index < -0.39 is 0 Å². The highest BCUT2D eigenvalue weighted by atomic mass is 79.9. The molecular formula is C15H13Br3ClNO. The molecule has 0 fully saturated rings. The van der Waals surface area contributed by atoms with Crippen molar-refractivity contribution in [1.29, 1.82) is 0 Å². The first-order chi connectivity index (χ1) is 9.92. The van der Waals surface area contributed by atoms with E-state index in [9.17, 15) is 0 Å². The van der Waals surface area contributed by atoms with E-state index in [4.69, 9.17) is 16.3 Å². The van der Waals surface area contributed by atoms with Gasteiger partial charge in [-0.1, -0.05) is 11.6 Å². The number of hydrogen-bond acceptors (Lipinski definition) is 2. The van der Waals surface area contributed by atoms with Crippen LogP contribution in [0.1, 0.15) is 11.1 Å². The van der Waals surface area contributed by atoms with Crippen LogP contribution < -0.4 is 10.1 Å². The first kappa shape index (κ1) is 17.1. The van der Waals surface area contributed by atoms with Gasteiger partial charge in [-0.05, 0) is 90.1 Å². The third-order valence-electron chi connectivity index (χ3n) is 2.99. The molecule has 0 aliphatic carbocycles. The van der Waals surface area contributed by atoms with Crippen molar-refractivity contribution in [1.82, 2.24) is 0 Å². The summed E-state index contributed by atoms with van der Waals surface area (Å²) in [6.45, 7) is 2.66. The fourth-order valence-electron chi connectivity index (χ4n) is 1.89. The van der Waals surface area contributed by atoms with Gasteiger partial charge in [-0.15, -0.1) is 0 Å². The van der Waals surface area contributed by atoms with E-state index >= 15 is 0 Å². The summed E-state index contributed by atoms with van der Waals surface area (Å²) in [7, 11) is 1.65. The molecule has 0 amide bonds. The maximum Gasteiger partial charge on any atom is 0.147 e. The molecule has 0 bridgehead atoms. The van der Waals surface area contributed by atoms with Crippen molar-refractivity contribution >= 4 is 65.1 Å². The van der Waals surface area contributed by atoms with Gasteiger partial charge < -0.3 is 10.1 Å². The van der Waals surface area contributed by atoms with E-state index in [1.54, 1.807) is 7.11 Å². The third-order valence-corrected chi connectivity index (χ3v) is 5.23. The molecule has 112 valence electrons. The van der Waals surface area contributed by atoms with Crippen LogP contribution in [0.5, 0.6) is 5.75 Å². The lowest BCUT2D eigenvalue weighted by atomic mass is 10.2. The molecule has 2 aromatic rings. The lowest BCUT2D eigenvalue weighted by Crippen LogP contribution is -2.01. The van der Waals surface area contributed by atoms with Crippen molar-refractivity contribution in [2.45, 2.75) is 13.5 Å². The molecule has 0 aliphatic rings. The van der Waals surface area contributed by atoms with Crippen molar-refractivity contribution in [2.75, 3.05) is 12.4 Å². The molecule has 0 saturated heterocycles. The topological polar surface area (TPSA) is 21.3 Å². The van der Waals surface area contributed by atoms with Crippen LogP contribution in [0.3, 0.4) is 0 Å². The van der Waals surface area contributed by atoms with E-state index in [1.165, 1.54) is 0 Å². The van der Waals surface area contributed by atoms with Crippen molar-refractivity contribution in [3.8, 4) is 5.75 Å². The van der Waals surface area contributed by atoms with Crippen LogP contribution in [0.2, 0.25) is 5.02 Å². The Balaban J connectivity index is 2.19. The van der Waals surface area contributed by atoms with Crippen LogP contribution >= 0.6 is 59.4 Å². The summed E-state index contributed by atoms with van der Waals surface area (Å²) in [5, 5.41) is 4.12. The monoisotopic (exact) mass is 495 g/mol. The summed E-state index contributed by atoms with van der Waals surface area (Å²) in [5.74, 6) is 0.790. The molecule has 2 rings (SSSR count). The number of anilines is 1. The molecule has 1 N–H and O–H groups in total. The quantitative estimate of drug-likeness (QED) is 0.516. The molecule has 0 atom stereocenters. The lowest BCUT2D eigenvalue weighted by molar-refractivity contribution is 0.409. The van der Waals surface area contributed by atoms with Crippen LogP contribution in [-0.4, -0.2) is 7.11 Å². The Labute approximate surface area is 154 Å². The van der Waals surface area contributed by atoms with Crippen molar-refractivity contribution < 1.29 is 4.74 Å². The molecule has 2 aromatic carbocycles. The maximum absolute atomic E-state index is 6.17. The summed E-state index contributed by atoms with van der Waals surface area (Å²) in [4.78, 5) is 0. The minimum Gasteiger partial charge on any atom is -0.494 e. The molecule has 0 heterocycles.